The highest BCUT2D eigenvalue weighted by Gasteiger charge is 2.06. The summed E-state index contributed by atoms with van der Waals surface area (Å²) in [5.74, 6) is -0.187. The third-order valence-corrected chi connectivity index (χ3v) is 3.43. The fraction of sp³-hybridized carbons (Fsp3) is 0.357. The van der Waals surface area contributed by atoms with Gasteiger partial charge in [-0.15, -0.1) is 0 Å². The molecule has 0 aliphatic carbocycles. The van der Waals surface area contributed by atoms with Crippen molar-refractivity contribution in [2.45, 2.75) is 33.0 Å². The van der Waals surface area contributed by atoms with Gasteiger partial charge >= 0.3 is 0 Å². The number of imidazole rings is 1. The van der Waals surface area contributed by atoms with E-state index < -0.39 is 0 Å². The molecule has 19 heavy (non-hydrogen) atoms. The minimum Gasteiger partial charge on any atom is -0.331 e. The molecule has 0 saturated carbocycles. The molecule has 2 aromatic rings. The van der Waals surface area contributed by atoms with Gasteiger partial charge in [0.15, 0.2) is 0 Å². The number of rotatable bonds is 5. The predicted octanol–water partition coefficient (Wildman–Crippen LogP) is 3.66. The molecule has 1 aromatic carbocycles. The van der Waals surface area contributed by atoms with Gasteiger partial charge in [-0.3, -0.25) is 0 Å². The Morgan fingerprint density at radius 2 is 2.16 bits per heavy atom. The summed E-state index contributed by atoms with van der Waals surface area (Å²) < 4.78 is 16.6. The largest absolute Gasteiger partial charge is 0.331 e. The maximum Gasteiger partial charge on any atom is 0.127 e. The van der Waals surface area contributed by atoms with Gasteiger partial charge in [-0.05, 0) is 32.0 Å². The van der Waals surface area contributed by atoms with Crippen LogP contribution in [0.25, 0.3) is 0 Å². The van der Waals surface area contributed by atoms with E-state index in [1.807, 2.05) is 12.5 Å². The second-order valence-electron chi connectivity index (χ2n) is 4.73. The van der Waals surface area contributed by atoms with E-state index in [1.165, 1.54) is 6.07 Å². The highest BCUT2D eigenvalue weighted by atomic mass is 79.9. The number of nitrogens with zero attached hydrogens (tertiary/aromatic N) is 2. The second-order valence-corrected chi connectivity index (χ2v) is 5.64. The third-order valence-electron chi connectivity index (χ3n) is 2.93. The van der Waals surface area contributed by atoms with Gasteiger partial charge in [0.25, 0.3) is 0 Å². The number of halogens is 2. The molecular weight excluding hydrogens is 309 g/mol. The Bertz CT molecular complexity index is 551. The normalized spacial score (nSPS) is 11.2. The molecule has 0 aliphatic rings. The highest BCUT2D eigenvalue weighted by molar-refractivity contribution is 9.10. The number of hydrogen-bond donors (Lipinski definition) is 1. The molecule has 1 N–H and O–H groups in total. The van der Waals surface area contributed by atoms with Gasteiger partial charge in [0.05, 0.1) is 12.0 Å². The maximum absolute atomic E-state index is 13.6. The molecule has 102 valence electrons. The van der Waals surface area contributed by atoms with Gasteiger partial charge < -0.3 is 9.88 Å². The number of nitrogens with one attached hydrogen (secondary N) is 1. The molecule has 0 fully saturated rings. The van der Waals surface area contributed by atoms with Crippen LogP contribution in [0.4, 0.5) is 4.39 Å². The van der Waals surface area contributed by atoms with Crippen molar-refractivity contribution < 1.29 is 4.39 Å². The molecule has 5 heteroatoms. The predicted molar refractivity (Wildman–Crippen MR) is 77.3 cm³/mol. The molecule has 0 radical (unpaired) electrons. The molecule has 0 unspecified atom stereocenters. The topological polar surface area (TPSA) is 29.9 Å². The molecule has 1 aromatic heterocycles. The summed E-state index contributed by atoms with van der Waals surface area (Å²) in [7, 11) is 0. The van der Waals surface area contributed by atoms with Crippen LogP contribution in [0.15, 0.2) is 35.2 Å². The van der Waals surface area contributed by atoms with E-state index in [0.29, 0.717) is 24.7 Å². The van der Waals surface area contributed by atoms with Crippen molar-refractivity contribution in [3.8, 4) is 0 Å². The highest BCUT2D eigenvalue weighted by Crippen LogP contribution is 2.15. The number of benzene rings is 1. The molecule has 0 aliphatic heterocycles. The van der Waals surface area contributed by atoms with Crippen LogP contribution in [-0.4, -0.2) is 9.55 Å². The van der Waals surface area contributed by atoms with Crippen LogP contribution < -0.4 is 5.32 Å². The minimum atomic E-state index is -0.187. The smallest absolute Gasteiger partial charge is 0.127 e. The number of aromatic nitrogens is 2. The van der Waals surface area contributed by atoms with Gasteiger partial charge in [-0.25, -0.2) is 9.37 Å². The Kier molecular flexibility index (Phi) is 4.71. The first-order chi connectivity index (χ1) is 9.08. The van der Waals surface area contributed by atoms with Gasteiger partial charge in [0, 0.05) is 35.4 Å². The summed E-state index contributed by atoms with van der Waals surface area (Å²) in [5, 5.41) is 3.25. The number of hydrogen-bond acceptors (Lipinski definition) is 2. The Morgan fingerprint density at radius 3 is 2.89 bits per heavy atom. The van der Waals surface area contributed by atoms with E-state index in [1.54, 1.807) is 12.1 Å². The quantitative estimate of drug-likeness (QED) is 0.909. The monoisotopic (exact) mass is 325 g/mol. The summed E-state index contributed by atoms with van der Waals surface area (Å²) in [6.07, 6.45) is 3.66. The lowest BCUT2D eigenvalue weighted by Gasteiger charge is -2.12. The Hall–Kier alpha value is -1.20. The average Bonchev–Trinajstić information content (AvgIpc) is 2.82. The molecule has 0 saturated heterocycles. The van der Waals surface area contributed by atoms with E-state index in [2.05, 4.69) is 44.6 Å². The van der Waals surface area contributed by atoms with Crippen LogP contribution in [-0.2, 0) is 13.1 Å². The molecular formula is C14H17BrFN3. The SMILES string of the molecule is CC(C)n1cncc1CNCc1cc(Br)ccc1F. The van der Waals surface area contributed by atoms with Crippen LogP contribution in [0.5, 0.6) is 0 Å². The maximum atomic E-state index is 13.6. The van der Waals surface area contributed by atoms with Crippen LogP contribution in [0.2, 0.25) is 0 Å². The van der Waals surface area contributed by atoms with E-state index in [9.17, 15) is 4.39 Å². The summed E-state index contributed by atoms with van der Waals surface area (Å²) in [4.78, 5) is 4.14. The van der Waals surface area contributed by atoms with E-state index in [0.717, 1.165) is 10.2 Å². The fourth-order valence-corrected chi connectivity index (χ4v) is 2.35. The van der Waals surface area contributed by atoms with Crippen molar-refractivity contribution in [2.75, 3.05) is 0 Å². The van der Waals surface area contributed by atoms with Gasteiger partial charge in [-0.2, -0.15) is 0 Å². The summed E-state index contributed by atoms with van der Waals surface area (Å²) >= 11 is 3.35. The molecule has 0 bridgehead atoms. The van der Waals surface area contributed by atoms with Crippen molar-refractivity contribution in [1.29, 1.82) is 0 Å². The minimum absolute atomic E-state index is 0.187. The van der Waals surface area contributed by atoms with Gasteiger partial charge in [-0.1, -0.05) is 15.9 Å². The Labute approximate surface area is 121 Å². The zero-order valence-electron chi connectivity index (χ0n) is 11.0. The Balaban J connectivity index is 1.96. The zero-order chi connectivity index (χ0) is 13.8. The van der Waals surface area contributed by atoms with Crippen molar-refractivity contribution in [1.82, 2.24) is 14.9 Å². The van der Waals surface area contributed by atoms with E-state index in [-0.39, 0.29) is 5.82 Å². The van der Waals surface area contributed by atoms with E-state index in [4.69, 9.17) is 0 Å². The Morgan fingerprint density at radius 1 is 1.37 bits per heavy atom. The molecule has 0 amide bonds. The van der Waals surface area contributed by atoms with Crippen molar-refractivity contribution in [3.05, 3.63) is 52.3 Å². The molecule has 3 nitrogen and oxygen atoms in total. The van der Waals surface area contributed by atoms with E-state index >= 15 is 0 Å². The standard InChI is InChI=1S/C14H17BrFN3/c1-10(2)19-9-18-8-13(19)7-17-6-11-5-12(15)3-4-14(11)16/h3-5,8-10,17H,6-7H2,1-2H3. The molecule has 1 heterocycles. The lowest BCUT2D eigenvalue weighted by atomic mass is 10.2. The lowest BCUT2D eigenvalue weighted by molar-refractivity contribution is 0.542. The molecule has 0 atom stereocenters. The van der Waals surface area contributed by atoms with Crippen LogP contribution in [0.1, 0.15) is 31.1 Å². The average molecular weight is 326 g/mol. The first-order valence-electron chi connectivity index (χ1n) is 6.23. The first kappa shape index (κ1) is 14.2. The molecule has 0 spiro atoms. The second kappa shape index (κ2) is 6.30. The van der Waals surface area contributed by atoms with Gasteiger partial charge in [0.1, 0.15) is 5.82 Å². The van der Waals surface area contributed by atoms with Crippen LogP contribution in [0.3, 0.4) is 0 Å². The van der Waals surface area contributed by atoms with Crippen molar-refractivity contribution in [2.24, 2.45) is 0 Å². The molecule has 2 rings (SSSR count). The first-order valence-corrected chi connectivity index (χ1v) is 7.02. The summed E-state index contributed by atoms with van der Waals surface area (Å²) in [6, 6.07) is 5.34. The lowest BCUT2D eigenvalue weighted by Crippen LogP contribution is -2.17. The zero-order valence-corrected chi connectivity index (χ0v) is 12.6. The van der Waals surface area contributed by atoms with Crippen molar-refractivity contribution >= 4 is 15.9 Å². The van der Waals surface area contributed by atoms with Gasteiger partial charge in [0.2, 0.25) is 0 Å². The van der Waals surface area contributed by atoms with Crippen LogP contribution in [0, 0.1) is 5.82 Å². The van der Waals surface area contributed by atoms with Crippen LogP contribution >= 0.6 is 15.9 Å². The fourth-order valence-electron chi connectivity index (χ4n) is 1.94. The summed E-state index contributed by atoms with van der Waals surface area (Å²) in [5.41, 5.74) is 1.76. The third kappa shape index (κ3) is 3.64. The summed E-state index contributed by atoms with van der Waals surface area (Å²) in [6.45, 7) is 5.39. The van der Waals surface area contributed by atoms with Crippen molar-refractivity contribution in [3.63, 3.8) is 0 Å².